The molecule has 33 heavy (non-hydrogen) atoms. The lowest BCUT2D eigenvalue weighted by molar-refractivity contribution is -0.116. The van der Waals surface area contributed by atoms with Gasteiger partial charge in [-0.1, -0.05) is 60.7 Å². The highest BCUT2D eigenvalue weighted by atomic mass is 32.2. The first-order valence-electron chi connectivity index (χ1n) is 10.9. The van der Waals surface area contributed by atoms with Crippen molar-refractivity contribution in [2.75, 3.05) is 38.0 Å². The van der Waals surface area contributed by atoms with Crippen LogP contribution in [0.4, 0.5) is 10.1 Å². The summed E-state index contributed by atoms with van der Waals surface area (Å²) in [7, 11) is -3.87. The summed E-state index contributed by atoms with van der Waals surface area (Å²) in [5.41, 5.74) is 2.74. The zero-order valence-electron chi connectivity index (χ0n) is 18.2. The number of halogens is 1. The average Bonchev–Trinajstić information content (AvgIpc) is 2.84. The minimum atomic E-state index is -3.87. The Balaban J connectivity index is 1.30. The van der Waals surface area contributed by atoms with Gasteiger partial charge < -0.3 is 10.2 Å². The van der Waals surface area contributed by atoms with Crippen LogP contribution in [-0.2, 0) is 14.8 Å². The number of anilines is 1. The molecule has 172 valence electrons. The number of rotatable bonds is 7. The van der Waals surface area contributed by atoms with Crippen LogP contribution in [0, 0.1) is 5.82 Å². The SMILES string of the molecule is O=C(CCN1CCN(S(=O)(=O)c2ccccc2F)CC1)Nc1ccccc1-c1ccccc1. The molecule has 3 aromatic carbocycles. The van der Waals surface area contributed by atoms with E-state index in [1.807, 2.05) is 54.6 Å². The van der Waals surface area contributed by atoms with Gasteiger partial charge >= 0.3 is 0 Å². The van der Waals surface area contributed by atoms with Crippen molar-refractivity contribution in [3.63, 3.8) is 0 Å². The summed E-state index contributed by atoms with van der Waals surface area (Å²) in [5.74, 6) is -0.841. The van der Waals surface area contributed by atoms with Crippen molar-refractivity contribution in [1.82, 2.24) is 9.21 Å². The number of carbonyl (C=O) groups is 1. The third-order valence-corrected chi connectivity index (χ3v) is 7.66. The maximum Gasteiger partial charge on any atom is 0.246 e. The zero-order valence-corrected chi connectivity index (χ0v) is 19.0. The van der Waals surface area contributed by atoms with Crippen LogP contribution in [0.15, 0.2) is 83.8 Å². The predicted molar refractivity (Wildman–Crippen MR) is 127 cm³/mol. The maximum absolute atomic E-state index is 14.0. The molecule has 0 spiro atoms. The Morgan fingerprint density at radius 1 is 0.848 bits per heavy atom. The number of hydrogen-bond acceptors (Lipinski definition) is 4. The fourth-order valence-electron chi connectivity index (χ4n) is 3.92. The number of benzene rings is 3. The molecule has 1 aliphatic rings. The van der Waals surface area contributed by atoms with E-state index in [9.17, 15) is 17.6 Å². The van der Waals surface area contributed by atoms with Crippen LogP contribution in [0.3, 0.4) is 0 Å². The summed E-state index contributed by atoms with van der Waals surface area (Å²) in [5, 5.41) is 3.00. The highest BCUT2D eigenvalue weighted by Crippen LogP contribution is 2.27. The second-order valence-electron chi connectivity index (χ2n) is 7.89. The van der Waals surface area contributed by atoms with Gasteiger partial charge in [-0.15, -0.1) is 0 Å². The molecule has 0 aromatic heterocycles. The van der Waals surface area contributed by atoms with Crippen molar-refractivity contribution >= 4 is 21.6 Å². The predicted octanol–water partition coefficient (Wildman–Crippen LogP) is 3.83. The summed E-state index contributed by atoms with van der Waals surface area (Å²) in [6, 6.07) is 23.0. The van der Waals surface area contributed by atoms with Crippen molar-refractivity contribution in [2.45, 2.75) is 11.3 Å². The smallest absolute Gasteiger partial charge is 0.246 e. The van der Waals surface area contributed by atoms with Gasteiger partial charge in [-0.05, 0) is 23.8 Å². The fraction of sp³-hybridized carbons (Fsp3) is 0.240. The van der Waals surface area contributed by atoms with Gasteiger partial charge in [0, 0.05) is 50.4 Å². The second kappa shape index (κ2) is 10.2. The molecule has 0 radical (unpaired) electrons. The molecule has 0 aliphatic carbocycles. The molecule has 8 heteroatoms. The molecule has 1 saturated heterocycles. The van der Waals surface area contributed by atoms with Crippen molar-refractivity contribution in [2.24, 2.45) is 0 Å². The normalized spacial score (nSPS) is 15.3. The van der Waals surface area contributed by atoms with Gasteiger partial charge in [-0.2, -0.15) is 4.31 Å². The van der Waals surface area contributed by atoms with E-state index in [4.69, 9.17) is 0 Å². The Bertz CT molecular complexity index is 1210. The number of sulfonamides is 1. The Labute approximate surface area is 193 Å². The average molecular weight is 468 g/mol. The van der Waals surface area contributed by atoms with Crippen molar-refractivity contribution in [1.29, 1.82) is 0 Å². The Morgan fingerprint density at radius 2 is 1.48 bits per heavy atom. The standard InChI is InChI=1S/C25H26FN3O3S/c26-22-11-5-7-13-24(22)33(31,32)29-18-16-28(17-19-29)15-14-25(30)27-23-12-6-4-10-21(23)20-8-2-1-3-9-20/h1-13H,14-19H2,(H,27,30). The van der Waals surface area contributed by atoms with Crippen LogP contribution in [-0.4, -0.2) is 56.3 Å². The summed E-state index contributed by atoms with van der Waals surface area (Å²) < 4.78 is 40.8. The molecule has 1 fully saturated rings. The van der Waals surface area contributed by atoms with Crippen LogP contribution >= 0.6 is 0 Å². The summed E-state index contributed by atoms with van der Waals surface area (Å²) in [4.78, 5) is 14.4. The first-order valence-corrected chi connectivity index (χ1v) is 12.3. The molecule has 1 aliphatic heterocycles. The summed E-state index contributed by atoms with van der Waals surface area (Å²) in [6.07, 6.45) is 0.295. The Hall–Kier alpha value is -3.07. The highest BCUT2D eigenvalue weighted by molar-refractivity contribution is 7.89. The summed E-state index contributed by atoms with van der Waals surface area (Å²) >= 11 is 0. The van der Waals surface area contributed by atoms with Crippen molar-refractivity contribution in [3.05, 3.63) is 84.7 Å². The number of nitrogens with zero attached hydrogens (tertiary/aromatic N) is 2. The molecule has 0 unspecified atom stereocenters. The Kier molecular flexibility index (Phi) is 7.17. The van der Waals surface area contributed by atoms with Gasteiger partial charge in [0.05, 0.1) is 0 Å². The third kappa shape index (κ3) is 5.47. The molecule has 1 amide bonds. The first-order chi connectivity index (χ1) is 15.9. The minimum absolute atomic E-state index is 0.0974. The topological polar surface area (TPSA) is 69.7 Å². The van der Waals surface area contributed by atoms with E-state index in [1.165, 1.54) is 22.5 Å². The number of para-hydroxylation sites is 1. The molecule has 6 nitrogen and oxygen atoms in total. The molecule has 0 atom stereocenters. The van der Waals surface area contributed by atoms with E-state index >= 15 is 0 Å². The summed E-state index contributed by atoms with van der Waals surface area (Å²) in [6.45, 7) is 2.01. The Morgan fingerprint density at radius 3 is 2.21 bits per heavy atom. The third-order valence-electron chi connectivity index (χ3n) is 5.73. The van der Waals surface area contributed by atoms with Crippen LogP contribution in [0.5, 0.6) is 0 Å². The van der Waals surface area contributed by atoms with Crippen LogP contribution in [0.2, 0.25) is 0 Å². The lowest BCUT2D eigenvalue weighted by Gasteiger charge is -2.33. The number of piperazine rings is 1. The second-order valence-corrected chi connectivity index (χ2v) is 9.79. The largest absolute Gasteiger partial charge is 0.325 e. The van der Waals surface area contributed by atoms with Gasteiger partial charge in [0.2, 0.25) is 15.9 Å². The van der Waals surface area contributed by atoms with Crippen LogP contribution in [0.25, 0.3) is 11.1 Å². The van der Waals surface area contributed by atoms with Crippen LogP contribution < -0.4 is 5.32 Å². The molecule has 0 saturated carbocycles. The molecule has 1 N–H and O–H groups in total. The molecule has 0 bridgehead atoms. The van der Waals surface area contributed by atoms with Gasteiger partial charge in [0.1, 0.15) is 10.7 Å². The maximum atomic E-state index is 14.0. The van der Waals surface area contributed by atoms with E-state index in [-0.39, 0.29) is 23.9 Å². The first kappa shape index (κ1) is 23.1. The van der Waals surface area contributed by atoms with E-state index in [2.05, 4.69) is 10.2 Å². The molecule has 1 heterocycles. The van der Waals surface area contributed by atoms with Crippen LogP contribution in [0.1, 0.15) is 6.42 Å². The zero-order chi connectivity index (χ0) is 23.3. The van der Waals surface area contributed by atoms with Gasteiger partial charge in [0.25, 0.3) is 0 Å². The van der Waals surface area contributed by atoms with E-state index < -0.39 is 15.8 Å². The molecular weight excluding hydrogens is 441 g/mol. The lowest BCUT2D eigenvalue weighted by Crippen LogP contribution is -2.49. The molecule has 3 aromatic rings. The number of hydrogen-bond donors (Lipinski definition) is 1. The highest BCUT2D eigenvalue weighted by Gasteiger charge is 2.30. The van der Waals surface area contributed by atoms with Crippen molar-refractivity contribution in [3.8, 4) is 11.1 Å². The van der Waals surface area contributed by atoms with Gasteiger partial charge in [0.15, 0.2) is 0 Å². The number of nitrogens with one attached hydrogen (secondary N) is 1. The minimum Gasteiger partial charge on any atom is -0.325 e. The number of amides is 1. The van der Waals surface area contributed by atoms with E-state index in [0.717, 1.165) is 22.9 Å². The van der Waals surface area contributed by atoms with E-state index in [0.29, 0.717) is 26.1 Å². The lowest BCUT2D eigenvalue weighted by atomic mass is 10.0. The molecular formula is C25H26FN3O3S. The van der Waals surface area contributed by atoms with Gasteiger partial charge in [-0.25, -0.2) is 12.8 Å². The van der Waals surface area contributed by atoms with E-state index in [1.54, 1.807) is 0 Å². The molecule has 4 rings (SSSR count). The quantitative estimate of drug-likeness (QED) is 0.574. The van der Waals surface area contributed by atoms with Crippen molar-refractivity contribution < 1.29 is 17.6 Å². The fourth-order valence-corrected chi connectivity index (χ4v) is 5.41. The van der Waals surface area contributed by atoms with Gasteiger partial charge in [-0.3, -0.25) is 4.79 Å². The monoisotopic (exact) mass is 467 g/mol. The number of carbonyl (C=O) groups excluding carboxylic acids is 1.